The molecule has 3 atom stereocenters. The van der Waals surface area contributed by atoms with Crippen LogP contribution in [0.4, 0.5) is 23.7 Å². The third kappa shape index (κ3) is 6.56. The van der Waals surface area contributed by atoms with Gasteiger partial charge >= 0.3 is 12.2 Å². The molecule has 0 radical (unpaired) electrons. The van der Waals surface area contributed by atoms with E-state index in [9.17, 15) is 22.5 Å². The molecule has 1 aliphatic carbocycles. The SMILES string of the molecule is Cc1cc(NC(=O)N[C@H]2CCCC[C@@H]2N[S+]([O-])C(C)(C)C)cc(C(F)(F)F)c1. The predicted octanol–water partition coefficient (Wildman–Crippen LogP) is 4.50. The molecule has 1 aliphatic rings. The lowest BCUT2D eigenvalue weighted by Gasteiger charge is -2.35. The maximum atomic E-state index is 13.0. The molecule has 158 valence electrons. The molecule has 1 aromatic carbocycles. The second kappa shape index (κ2) is 8.92. The van der Waals surface area contributed by atoms with Crippen LogP contribution in [-0.2, 0) is 17.5 Å². The molecule has 2 rings (SSSR count). The third-order valence-electron chi connectivity index (χ3n) is 4.56. The molecule has 9 heteroatoms. The molecule has 0 aromatic heterocycles. The normalized spacial score (nSPS) is 21.9. The molecule has 3 N–H and O–H groups in total. The van der Waals surface area contributed by atoms with Crippen LogP contribution < -0.4 is 15.4 Å². The summed E-state index contributed by atoms with van der Waals surface area (Å²) in [5, 5.41) is 5.32. The van der Waals surface area contributed by atoms with Crippen molar-refractivity contribution in [3.63, 3.8) is 0 Å². The number of amides is 2. The number of rotatable bonds is 4. The van der Waals surface area contributed by atoms with Gasteiger partial charge in [0.25, 0.3) is 0 Å². The average Bonchev–Trinajstić information content (AvgIpc) is 2.54. The number of aryl methyl sites for hydroxylation is 1. The summed E-state index contributed by atoms with van der Waals surface area (Å²) in [6.07, 6.45) is -1.10. The lowest BCUT2D eigenvalue weighted by molar-refractivity contribution is -0.137. The number of halogens is 3. The average molecular weight is 420 g/mol. The minimum Gasteiger partial charge on any atom is -0.598 e. The topological polar surface area (TPSA) is 76.2 Å². The zero-order valence-corrected chi connectivity index (χ0v) is 17.4. The van der Waals surface area contributed by atoms with E-state index in [0.717, 1.165) is 31.4 Å². The van der Waals surface area contributed by atoms with Crippen molar-refractivity contribution in [3.8, 4) is 0 Å². The Morgan fingerprint density at radius 1 is 1.11 bits per heavy atom. The van der Waals surface area contributed by atoms with Crippen LogP contribution in [0.3, 0.4) is 0 Å². The zero-order valence-electron chi connectivity index (χ0n) is 16.6. The Morgan fingerprint density at radius 2 is 1.71 bits per heavy atom. The number of hydrogen-bond acceptors (Lipinski definition) is 3. The van der Waals surface area contributed by atoms with E-state index in [1.165, 1.54) is 6.07 Å². The Hall–Kier alpha value is -1.45. The molecule has 1 saturated carbocycles. The fourth-order valence-corrected chi connectivity index (χ4v) is 4.02. The van der Waals surface area contributed by atoms with Crippen LogP contribution in [0.2, 0.25) is 0 Å². The number of carbonyl (C=O) groups excluding carboxylic acids is 1. The highest BCUT2D eigenvalue weighted by atomic mass is 32.2. The Labute approximate surface area is 167 Å². The molecule has 0 bridgehead atoms. The molecule has 0 aliphatic heterocycles. The highest BCUT2D eigenvalue weighted by Gasteiger charge is 2.35. The van der Waals surface area contributed by atoms with Gasteiger partial charge in [0, 0.05) is 17.0 Å². The predicted molar refractivity (Wildman–Crippen MR) is 105 cm³/mol. The van der Waals surface area contributed by atoms with Gasteiger partial charge in [0.05, 0.1) is 17.6 Å². The van der Waals surface area contributed by atoms with Gasteiger partial charge in [-0.1, -0.05) is 12.8 Å². The lowest BCUT2D eigenvalue weighted by atomic mass is 9.91. The van der Waals surface area contributed by atoms with Crippen molar-refractivity contribution in [1.29, 1.82) is 0 Å². The van der Waals surface area contributed by atoms with Crippen LogP contribution in [0.15, 0.2) is 18.2 Å². The summed E-state index contributed by atoms with van der Waals surface area (Å²) in [6, 6.07) is 2.47. The van der Waals surface area contributed by atoms with Crippen LogP contribution in [0.5, 0.6) is 0 Å². The van der Waals surface area contributed by atoms with E-state index in [-0.39, 0.29) is 17.8 Å². The Balaban J connectivity index is 2.03. The van der Waals surface area contributed by atoms with Crippen molar-refractivity contribution in [3.05, 3.63) is 29.3 Å². The maximum Gasteiger partial charge on any atom is 0.416 e. The van der Waals surface area contributed by atoms with E-state index in [1.807, 2.05) is 20.8 Å². The number of carbonyl (C=O) groups is 1. The minimum absolute atomic E-state index is 0.0865. The number of urea groups is 1. The summed E-state index contributed by atoms with van der Waals surface area (Å²) in [4.78, 5) is 12.4. The fraction of sp³-hybridized carbons (Fsp3) is 0.632. The van der Waals surface area contributed by atoms with Crippen molar-refractivity contribution >= 4 is 23.1 Å². The van der Waals surface area contributed by atoms with Crippen LogP contribution in [0.1, 0.15) is 57.6 Å². The van der Waals surface area contributed by atoms with E-state index in [0.29, 0.717) is 12.0 Å². The zero-order chi connectivity index (χ0) is 21.1. The maximum absolute atomic E-state index is 13.0. The van der Waals surface area contributed by atoms with Crippen LogP contribution >= 0.6 is 0 Å². The highest BCUT2D eigenvalue weighted by molar-refractivity contribution is 7.90. The summed E-state index contributed by atoms with van der Waals surface area (Å²) in [5.41, 5.74) is -0.313. The van der Waals surface area contributed by atoms with Gasteiger partial charge < -0.3 is 15.2 Å². The lowest BCUT2D eigenvalue weighted by Crippen LogP contribution is -2.56. The first-order valence-electron chi connectivity index (χ1n) is 9.31. The van der Waals surface area contributed by atoms with E-state index in [1.54, 1.807) is 6.92 Å². The van der Waals surface area contributed by atoms with E-state index < -0.39 is 33.9 Å². The number of benzene rings is 1. The van der Waals surface area contributed by atoms with Crippen LogP contribution in [-0.4, -0.2) is 27.4 Å². The quantitative estimate of drug-likeness (QED) is 0.629. The number of nitrogens with one attached hydrogen (secondary N) is 3. The first kappa shape index (κ1) is 22.8. The minimum atomic E-state index is -4.48. The van der Waals surface area contributed by atoms with Crippen molar-refractivity contribution in [2.24, 2.45) is 0 Å². The van der Waals surface area contributed by atoms with Gasteiger partial charge in [-0.3, -0.25) is 0 Å². The van der Waals surface area contributed by atoms with Crippen molar-refractivity contribution in [1.82, 2.24) is 10.0 Å². The second-order valence-corrected chi connectivity index (χ2v) is 10.2. The molecule has 5 nitrogen and oxygen atoms in total. The van der Waals surface area contributed by atoms with Crippen molar-refractivity contribution in [2.75, 3.05) is 5.32 Å². The molecular formula is C19H28F3N3O2S. The highest BCUT2D eigenvalue weighted by Crippen LogP contribution is 2.32. The van der Waals surface area contributed by atoms with Gasteiger partial charge in [-0.25, -0.2) is 4.79 Å². The van der Waals surface area contributed by atoms with Crippen molar-refractivity contribution in [2.45, 2.75) is 76.4 Å². The van der Waals surface area contributed by atoms with E-state index >= 15 is 0 Å². The van der Waals surface area contributed by atoms with Crippen LogP contribution in [0, 0.1) is 6.92 Å². The molecule has 2 amide bonds. The number of alkyl halides is 3. The first-order valence-corrected chi connectivity index (χ1v) is 10.5. The van der Waals surface area contributed by atoms with Gasteiger partial charge in [-0.2, -0.15) is 13.2 Å². The smallest absolute Gasteiger partial charge is 0.416 e. The molecule has 0 spiro atoms. The number of hydrogen-bond donors (Lipinski definition) is 3. The molecular weight excluding hydrogens is 391 g/mol. The summed E-state index contributed by atoms with van der Waals surface area (Å²) in [7, 11) is 0. The standard InChI is InChI=1S/C19H28F3N3O2S/c1-12-9-13(19(20,21)22)11-14(10-12)23-17(26)24-15-7-5-6-8-16(15)25-28(27)18(2,3)4/h9-11,15-16,25H,5-8H2,1-4H3,(H2,23,24,26)/t15-,16-,28?/m0/s1. The molecule has 0 heterocycles. The van der Waals surface area contributed by atoms with E-state index in [4.69, 9.17) is 0 Å². The second-order valence-electron chi connectivity index (χ2n) is 8.18. The third-order valence-corrected chi connectivity index (χ3v) is 6.19. The monoisotopic (exact) mass is 419 g/mol. The fourth-order valence-electron chi connectivity index (χ4n) is 3.11. The van der Waals surface area contributed by atoms with Gasteiger partial charge in [-0.15, -0.1) is 4.72 Å². The van der Waals surface area contributed by atoms with Crippen LogP contribution in [0.25, 0.3) is 0 Å². The summed E-state index contributed by atoms with van der Waals surface area (Å²) in [5.74, 6) is 0. The Morgan fingerprint density at radius 3 is 2.29 bits per heavy atom. The number of anilines is 1. The Bertz CT molecular complexity index is 692. The molecule has 1 aromatic rings. The van der Waals surface area contributed by atoms with Gasteiger partial charge in [0.15, 0.2) is 0 Å². The molecule has 0 saturated heterocycles. The Kier molecular flexibility index (Phi) is 7.27. The van der Waals surface area contributed by atoms with E-state index in [2.05, 4.69) is 15.4 Å². The molecule has 1 unspecified atom stereocenters. The van der Waals surface area contributed by atoms with Gasteiger partial charge in [0.1, 0.15) is 4.75 Å². The summed E-state index contributed by atoms with van der Waals surface area (Å²) < 4.78 is 53.9. The summed E-state index contributed by atoms with van der Waals surface area (Å²) in [6.45, 7) is 7.14. The van der Waals surface area contributed by atoms with Crippen molar-refractivity contribution < 1.29 is 22.5 Å². The first-order chi connectivity index (χ1) is 12.9. The van der Waals surface area contributed by atoms with Gasteiger partial charge in [-0.05, 0) is 64.3 Å². The molecule has 1 fully saturated rings. The summed E-state index contributed by atoms with van der Waals surface area (Å²) >= 11 is -1.27. The molecule has 28 heavy (non-hydrogen) atoms. The van der Waals surface area contributed by atoms with Gasteiger partial charge in [0.2, 0.25) is 0 Å². The largest absolute Gasteiger partial charge is 0.598 e.